The molecule has 0 amide bonds. The van der Waals surface area contributed by atoms with Crippen molar-refractivity contribution in [3.05, 3.63) is 6.07 Å². The average Bonchev–Trinajstić information content (AvgIpc) is 2.26. The van der Waals surface area contributed by atoms with Crippen molar-refractivity contribution in [1.82, 2.24) is 9.97 Å². The average molecular weight is 226 g/mol. The summed E-state index contributed by atoms with van der Waals surface area (Å²) in [5.74, 6) is 6.29. The summed E-state index contributed by atoms with van der Waals surface area (Å²) in [5.41, 5.74) is 7.09. The van der Waals surface area contributed by atoms with Crippen LogP contribution in [0.2, 0.25) is 0 Å². The van der Waals surface area contributed by atoms with Crippen LogP contribution in [-0.2, 0) is 0 Å². The summed E-state index contributed by atoms with van der Waals surface area (Å²) in [4.78, 5) is 7.81. The van der Waals surface area contributed by atoms with Crippen molar-refractivity contribution in [2.75, 3.05) is 23.0 Å². The molecule has 0 aliphatic rings. The van der Waals surface area contributed by atoms with Gasteiger partial charge in [-0.25, -0.2) is 5.84 Å². The molecular weight excluding hydrogens is 208 g/mol. The van der Waals surface area contributed by atoms with Crippen molar-refractivity contribution in [3.63, 3.8) is 0 Å². The van der Waals surface area contributed by atoms with E-state index in [1.54, 1.807) is 13.0 Å². The first-order valence-electron chi connectivity index (χ1n) is 5.04. The van der Waals surface area contributed by atoms with Crippen molar-refractivity contribution in [2.45, 2.75) is 25.9 Å². The summed E-state index contributed by atoms with van der Waals surface area (Å²) in [6.45, 7) is 4.03. The van der Waals surface area contributed by atoms with Crippen molar-refractivity contribution in [2.24, 2.45) is 5.84 Å². The minimum absolute atomic E-state index is 0.120. The van der Waals surface area contributed by atoms with Gasteiger partial charge in [0, 0.05) is 12.6 Å². The van der Waals surface area contributed by atoms with Crippen LogP contribution >= 0.6 is 0 Å². The Kier molecular flexibility index (Phi) is 3.86. The Balaban J connectivity index is 2.70. The van der Waals surface area contributed by atoms with Crippen molar-refractivity contribution in [1.29, 1.82) is 0 Å². The van der Waals surface area contributed by atoms with Crippen LogP contribution in [0.25, 0.3) is 0 Å². The quantitative estimate of drug-likeness (QED) is 0.351. The van der Waals surface area contributed by atoms with E-state index in [1.807, 2.05) is 6.92 Å². The Morgan fingerprint density at radius 2 is 2.06 bits per heavy atom. The predicted octanol–water partition coefficient (Wildman–Crippen LogP) is -0.0827. The lowest BCUT2D eigenvalue weighted by atomic mass is 10.0. The van der Waals surface area contributed by atoms with Gasteiger partial charge in [-0.15, -0.1) is 0 Å². The summed E-state index contributed by atoms with van der Waals surface area (Å²) in [6.07, 6.45) is 0.641. The summed E-state index contributed by atoms with van der Waals surface area (Å²) in [5, 5.41) is 12.8. The first-order valence-corrected chi connectivity index (χ1v) is 5.04. The molecule has 0 aromatic carbocycles. The number of aromatic nitrogens is 2. The molecule has 0 aliphatic heterocycles. The fraction of sp³-hybridized carbons (Fsp3) is 0.556. The smallest absolute Gasteiger partial charge is 0.223 e. The van der Waals surface area contributed by atoms with Crippen LogP contribution in [-0.4, -0.2) is 27.2 Å². The van der Waals surface area contributed by atoms with E-state index in [0.29, 0.717) is 24.6 Å². The fourth-order valence-electron chi connectivity index (χ4n) is 1.04. The number of hydrazine groups is 1. The van der Waals surface area contributed by atoms with E-state index in [1.165, 1.54) is 0 Å². The molecule has 0 radical (unpaired) electrons. The molecule has 1 unspecified atom stereocenters. The van der Waals surface area contributed by atoms with Crippen LogP contribution in [0.15, 0.2) is 6.07 Å². The maximum Gasteiger partial charge on any atom is 0.223 e. The number of aliphatic hydroxyl groups is 1. The number of nitrogen functional groups attached to an aromatic ring is 2. The molecule has 1 heterocycles. The lowest BCUT2D eigenvalue weighted by molar-refractivity contribution is 0.0696. The molecule has 7 nitrogen and oxygen atoms in total. The van der Waals surface area contributed by atoms with Crippen LogP contribution in [0, 0.1) is 0 Å². The van der Waals surface area contributed by atoms with Gasteiger partial charge in [0.25, 0.3) is 0 Å². The second-order valence-corrected chi connectivity index (χ2v) is 3.85. The van der Waals surface area contributed by atoms with Gasteiger partial charge in [0.2, 0.25) is 5.95 Å². The SMILES string of the molecule is CCC(C)(O)CNc1cc(NN)nc(N)n1. The second-order valence-electron chi connectivity index (χ2n) is 3.85. The molecule has 0 spiro atoms. The Hall–Kier alpha value is -1.60. The van der Waals surface area contributed by atoms with Gasteiger partial charge in [-0.3, -0.25) is 0 Å². The van der Waals surface area contributed by atoms with Gasteiger partial charge in [-0.2, -0.15) is 9.97 Å². The molecule has 1 aromatic heterocycles. The second kappa shape index (κ2) is 4.95. The summed E-state index contributed by atoms with van der Waals surface area (Å²) in [6, 6.07) is 1.61. The van der Waals surface area contributed by atoms with E-state index in [4.69, 9.17) is 11.6 Å². The number of nitrogens with zero attached hydrogens (tertiary/aromatic N) is 2. The van der Waals surface area contributed by atoms with Crippen LogP contribution < -0.4 is 22.3 Å². The van der Waals surface area contributed by atoms with Crippen LogP contribution in [0.3, 0.4) is 0 Å². The molecule has 1 atom stereocenters. The maximum absolute atomic E-state index is 9.80. The van der Waals surface area contributed by atoms with Crippen LogP contribution in [0.1, 0.15) is 20.3 Å². The zero-order valence-corrected chi connectivity index (χ0v) is 9.49. The van der Waals surface area contributed by atoms with E-state index in [-0.39, 0.29) is 5.95 Å². The van der Waals surface area contributed by atoms with Gasteiger partial charge in [0.05, 0.1) is 5.60 Å². The summed E-state index contributed by atoms with van der Waals surface area (Å²) < 4.78 is 0. The third-order valence-corrected chi connectivity index (χ3v) is 2.30. The minimum atomic E-state index is -0.782. The van der Waals surface area contributed by atoms with Gasteiger partial charge in [-0.1, -0.05) is 6.92 Å². The number of nitrogens with two attached hydrogens (primary N) is 2. The van der Waals surface area contributed by atoms with Gasteiger partial charge in [0.1, 0.15) is 11.6 Å². The predicted molar refractivity (Wildman–Crippen MR) is 63.7 cm³/mol. The fourth-order valence-corrected chi connectivity index (χ4v) is 1.04. The highest BCUT2D eigenvalue weighted by molar-refractivity contribution is 5.50. The monoisotopic (exact) mass is 226 g/mol. The zero-order chi connectivity index (χ0) is 12.2. The highest BCUT2D eigenvalue weighted by Gasteiger charge is 2.17. The lowest BCUT2D eigenvalue weighted by Gasteiger charge is -2.22. The Morgan fingerprint density at radius 1 is 1.44 bits per heavy atom. The highest BCUT2D eigenvalue weighted by atomic mass is 16.3. The molecule has 90 valence electrons. The molecule has 1 rings (SSSR count). The standard InChI is InChI=1S/C9H18N6O/c1-3-9(2,16)5-12-6-4-7(15-11)14-8(10)13-6/h4,16H,3,5,11H2,1-2H3,(H4,10,12,13,14,15). The number of hydrogen-bond donors (Lipinski definition) is 5. The molecule has 0 aliphatic carbocycles. The van der Waals surface area contributed by atoms with E-state index in [0.717, 1.165) is 0 Å². The van der Waals surface area contributed by atoms with E-state index in [2.05, 4.69) is 20.7 Å². The molecule has 16 heavy (non-hydrogen) atoms. The van der Waals surface area contributed by atoms with Crippen LogP contribution in [0.4, 0.5) is 17.6 Å². The highest BCUT2D eigenvalue weighted by Crippen LogP contribution is 2.14. The van der Waals surface area contributed by atoms with Crippen molar-refractivity contribution in [3.8, 4) is 0 Å². The van der Waals surface area contributed by atoms with E-state index >= 15 is 0 Å². The van der Waals surface area contributed by atoms with E-state index < -0.39 is 5.60 Å². The Labute approximate surface area is 94.2 Å². The number of nitrogens with one attached hydrogen (secondary N) is 2. The molecule has 0 bridgehead atoms. The van der Waals surface area contributed by atoms with Gasteiger partial charge >= 0.3 is 0 Å². The number of hydrogen-bond acceptors (Lipinski definition) is 7. The first kappa shape index (κ1) is 12.5. The molecular formula is C9H18N6O. The largest absolute Gasteiger partial charge is 0.388 e. The van der Waals surface area contributed by atoms with Crippen molar-refractivity contribution >= 4 is 17.6 Å². The minimum Gasteiger partial charge on any atom is -0.388 e. The maximum atomic E-state index is 9.80. The number of rotatable bonds is 5. The van der Waals surface area contributed by atoms with E-state index in [9.17, 15) is 5.11 Å². The third kappa shape index (κ3) is 3.52. The molecule has 1 aromatic rings. The third-order valence-electron chi connectivity index (χ3n) is 2.30. The molecule has 0 saturated heterocycles. The normalized spacial score (nSPS) is 14.2. The van der Waals surface area contributed by atoms with Crippen LogP contribution in [0.5, 0.6) is 0 Å². The van der Waals surface area contributed by atoms with Gasteiger partial charge < -0.3 is 21.6 Å². The Morgan fingerprint density at radius 3 is 2.62 bits per heavy atom. The summed E-state index contributed by atoms with van der Waals surface area (Å²) >= 11 is 0. The molecule has 7 N–H and O–H groups in total. The first-order chi connectivity index (χ1) is 7.46. The molecule has 0 fully saturated rings. The van der Waals surface area contributed by atoms with Crippen molar-refractivity contribution < 1.29 is 5.11 Å². The number of anilines is 3. The Bertz CT molecular complexity index is 354. The lowest BCUT2D eigenvalue weighted by Crippen LogP contribution is -2.32. The molecule has 7 heteroatoms. The summed E-state index contributed by atoms with van der Waals surface area (Å²) in [7, 11) is 0. The van der Waals surface area contributed by atoms with Gasteiger partial charge in [-0.05, 0) is 13.3 Å². The van der Waals surface area contributed by atoms with Gasteiger partial charge in [0.15, 0.2) is 0 Å². The zero-order valence-electron chi connectivity index (χ0n) is 9.49. The molecule has 0 saturated carbocycles. The topological polar surface area (TPSA) is 122 Å².